The molecule has 0 fully saturated rings. The summed E-state index contributed by atoms with van der Waals surface area (Å²) in [6.07, 6.45) is -0.127. The number of carbonyl (C=O) groups excluding carboxylic acids is 3. The molecular formula is C20H22N2O5. The lowest BCUT2D eigenvalue weighted by atomic mass is 10.2. The van der Waals surface area contributed by atoms with E-state index in [2.05, 4.69) is 10.9 Å². The Morgan fingerprint density at radius 3 is 2.33 bits per heavy atom. The van der Waals surface area contributed by atoms with Crippen molar-refractivity contribution in [1.29, 1.82) is 0 Å². The van der Waals surface area contributed by atoms with E-state index in [-0.39, 0.29) is 19.4 Å². The van der Waals surface area contributed by atoms with Gasteiger partial charge in [0.1, 0.15) is 12.4 Å². The van der Waals surface area contributed by atoms with E-state index in [1.807, 2.05) is 30.3 Å². The van der Waals surface area contributed by atoms with Gasteiger partial charge in [-0.05, 0) is 24.6 Å². The Balaban J connectivity index is 1.87. The van der Waals surface area contributed by atoms with Crippen LogP contribution in [0, 0.1) is 0 Å². The van der Waals surface area contributed by atoms with Gasteiger partial charge in [-0.25, -0.2) is 0 Å². The Morgan fingerprint density at radius 1 is 0.889 bits per heavy atom. The number of rotatable bonds is 8. The van der Waals surface area contributed by atoms with Crippen molar-refractivity contribution < 1.29 is 23.9 Å². The largest absolute Gasteiger partial charge is 0.488 e. The van der Waals surface area contributed by atoms with Crippen molar-refractivity contribution in [3.8, 4) is 5.75 Å². The molecule has 0 aliphatic heterocycles. The molecule has 0 aliphatic rings. The average Bonchev–Trinajstić information content (AvgIpc) is 2.70. The van der Waals surface area contributed by atoms with E-state index in [1.54, 1.807) is 31.2 Å². The zero-order valence-electron chi connectivity index (χ0n) is 15.1. The van der Waals surface area contributed by atoms with Gasteiger partial charge < -0.3 is 9.47 Å². The van der Waals surface area contributed by atoms with Gasteiger partial charge in [-0.15, -0.1) is 0 Å². The fourth-order valence-electron chi connectivity index (χ4n) is 2.22. The maximum absolute atomic E-state index is 12.3. The van der Waals surface area contributed by atoms with Gasteiger partial charge >= 0.3 is 5.97 Å². The molecule has 0 aromatic heterocycles. The number of hydrazine groups is 1. The van der Waals surface area contributed by atoms with Crippen molar-refractivity contribution in [3.05, 3.63) is 65.7 Å². The highest BCUT2D eigenvalue weighted by atomic mass is 16.5. The Morgan fingerprint density at radius 2 is 1.59 bits per heavy atom. The molecule has 27 heavy (non-hydrogen) atoms. The van der Waals surface area contributed by atoms with E-state index in [1.165, 1.54) is 0 Å². The van der Waals surface area contributed by atoms with Crippen LogP contribution >= 0.6 is 0 Å². The normalized spacial score (nSPS) is 9.96. The average molecular weight is 370 g/mol. The third-order valence-corrected chi connectivity index (χ3v) is 3.55. The molecule has 0 heterocycles. The lowest BCUT2D eigenvalue weighted by Crippen LogP contribution is -2.41. The molecule has 0 atom stereocenters. The molecule has 0 spiro atoms. The molecule has 2 rings (SSSR count). The minimum Gasteiger partial charge on any atom is -0.488 e. The van der Waals surface area contributed by atoms with Gasteiger partial charge in [0.05, 0.1) is 18.6 Å². The van der Waals surface area contributed by atoms with E-state index in [0.717, 1.165) is 5.56 Å². The maximum Gasteiger partial charge on any atom is 0.306 e. The van der Waals surface area contributed by atoms with Gasteiger partial charge in [-0.1, -0.05) is 42.5 Å². The Kier molecular flexibility index (Phi) is 7.84. The summed E-state index contributed by atoms with van der Waals surface area (Å²) in [6, 6.07) is 16.3. The van der Waals surface area contributed by atoms with Crippen LogP contribution in [0.2, 0.25) is 0 Å². The van der Waals surface area contributed by atoms with Crippen molar-refractivity contribution >= 4 is 17.8 Å². The summed E-state index contributed by atoms with van der Waals surface area (Å²) in [5, 5.41) is 0. The van der Waals surface area contributed by atoms with Crippen LogP contribution in [0.15, 0.2) is 54.6 Å². The van der Waals surface area contributed by atoms with Crippen molar-refractivity contribution in [1.82, 2.24) is 10.9 Å². The van der Waals surface area contributed by atoms with Crippen LogP contribution in [0.4, 0.5) is 0 Å². The molecule has 0 saturated heterocycles. The Hall–Kier alpha value is -3.35. The number of benzene rings is 2. The molecule has 0 unspecified atom stereocenters. The molecule has 2 aromatic carbocycles. The molecule has 0 radical (unpaired) electrons. The van der Waals surface area contributed by atoms with Gasteiger partial charge in [-0.2, -0.15) is 0 Å². The standard InChI is InChI=1S/C20H22N2O5/c1-2-26-19(24)13-12-18(23)21-22-20(25)16-10-6-7-11-17(16)27-14-15-8-4-3-5-9-15/h3-11H,2,12-14H2,1H3,(H,21,23)(H,22,25). The van der Waals surface area contributed by atoms with Crippen molar-refractivity contribution in [3.63, 3.8) is 0 Å². The summed E-state index contributed by atoms with van der Waals surface area (Å²) in [5.41, 5.74) is 5.86. The molecule has 7 nitrogen and oxygen atoms in total. The van der Waals surface area contributed by atoms with E-state index < -0.39 is 17.8 Å². The number of ether oxygens (including phenoxy) is 2. The van der Waals surface area contributed by atoms with Crippen molar-refractivity contribution in [2.75, 3.05) is 6.61 Å². The number of nitrogens with one attached hydrogen (secondary N) is 2. The summed E-state index contributed by atoms with van der Waals surface area (Å²) >= 11 is 0. The highest BCUT2D eigenvalue weighted by Crippen LogP contribution is 2.19. The van der Waals surface area contributed by atoms with Crippen LogP contribution in [-0.2, 0) is 20.9 Å². The Bertz CT molecular complexity index is 777. The van der Waals surface area contributed by atoms with Crippen molar-refractivity contribution in [2.45, 2.75) is 26.4 Å². The minimum atomic E-state index is -0.511. The molecule has 7 heteroatoms. The monoisotopic (exact) mass is 370 g/mol. The third kappa shape index (κ3) is 6.81. The summed E-state index contributed by atoms with van der Waals surface area (Å²) in [6.45, 7) is 2.27. The summed E-state index contributed by atoms with van der Waals surface area (Å²) in [5.74, 6) is -1.06. The van der Waals surface area contributed by atoms with Crippen LogP contribution in [0.1, 0.15) is 35.7 Å². The van der Waals surface area contributed by atoms with E-state index >= 15 is 0 Å². The second kappa shape index (κ2) is 10.6. The van der Waals surface area contributed by atoms with Crippen LogP contribution < -0.4 is 15.6 Å². The maximum atomic E-state index is 12.3. The van der Waals surface area contributed by atoms with Crippen LogP contribution in [0.3, 0.4) is 0 Å². The topological polar surface area (TPSA) is 93.7 Å². The highest BCUT2D eigenvalue weighted by Gasteiger charge is 2.14. The predicted octanol–water partition coefficient (Wildman–Crippen LogP) is 2.37. The molecule has 2 aromatic rings. The van der Waals surface area contributed by atoms with E-state index in [4.69, 9.17) is 9.47 Å². The first-order valence-corrected chi connectivity index (χ1v) is 8.60. The minimum absolute atomic E-state index is 0.0493. The van der Waals surface area contributed by atoms with Gasteiger partial charge in [0, 0.05) is 6.42 Å². The molecule has 0 saturated carbocycles. The number of hydrogen-bond acceptors (Lipinski definition) is 5. The number of hydrogen-bond donors (Lipinski definition) is 2. The SMILES string of the molecule is CCOC(=O)CCC(=O)NNC(=O)c1ccccc1OCc1ccccc1. The number of esters is 1. The third-order valence-electron chi connectivity index (χ3n) is 3.55. The van der Waals surface area contributed by atoms with Gasteiger partial charge in [-0.3, -0.25) is 25.2 Å². The van der Waals surface area contributed by atoms with E-state index in [9.17, 15) is 14.4 Å². The van der Waals surface area contributed by atoms with Crippen molar-refractivity contribution in [2.24, 2.45) is 0 Å². The number of amides is 2. The lowest BCUT2D eigenvalue weighted by Gasteiger charge is -2.12. The lowest BCUT2D eigenvalue weighted by molar-refractivity contribution is -0.144. The Labute approximate surface area is 157 Å². The second-order valence-corrected chi connectivity index (χ2v) is 5.58. The molecular weight excluding hydrogens is 348 g/mol. The zero-order chi connectivity index (χ0) is 19.5. The molecule has 2 amide bonds. The number of para-hydroxylation sites is 1. The predicted molar refractivity (Wildman–Crippen MR) is 98.7 cm³/mol. The molecule has 142 valence electrons. The summed E-state index contributed by atoms with van der Waals surface area (Å²) in [4.78, 5) is 35.3. The number of carbonyl (C=O) groups is 3. The molecule has 2 N–H and O–H groups in total. The quantitative estimate of drug-likeness (QED) is 0.550. The van der Waals surface area contributed by atoms with Crippen LogP contribution in [0.25, 0.3) is 0 Å². The fourth-order valence-corrected chi connectivity index (χ4v) is 2.22. The van der Waals surface area contributed by atoms with Crippen LogP contribution in [0.5, 0.6) is 5.75 Å². The summed E-state index contributed by atoms with van der Waals surface area (Å²) < 4.78 is 10.5. The first-order valence-electron chi connectivity index (χ1n) is 8.60. The highest BCUT2D eigenvalue weighted by molar-refractivity contribution is 5.98. The van der Waals surface area contributed by atoms with E-state index in [0.29, 0.717) is 17.9 Å². The molecule has 0 bridgehead atoms. The van der Waals surface area contributed by atoms with Gasteiger partial charge in [0.25, 0.3) is 5.91 Å². The zero-order valence-corrected chi connectivity index (χ0v) is 15.1. The first-order chi connectivity index (χ1) is 13.1. The first kappa shape index (κ1) is 20.0. The van der Waals surface area contributed by atoms with Gasteiger partial charge in [0.15, 0.2) is 0 Å². The second-order valence-electron chi connectivity index (χ2n) is 5.58. The summed E-state index contributed by atoms with van der Waals surface area (Å²) in [7, 11) is 0. The van der Waals surface area contributed by atoms with Gasteiger partial charge in [0.2, 0.25) is 5.91 Å². The van der Waals surface area contributed by atoms with Crippen LogP contribution in [-0.4, -0.2) is 24.4 Å². The smallest absolute Gasteiger partial charge is 0.306 e. The fraction of sp³-hybridized carbons (Fsp3) is 0.250. The molecule has 0 aliphatic carbocycles.